The predicted molar refractivity (Wildman–Crippen MR) is 77.0 cm³/mol. The lowest BCUT2D eigenvalue weighted by Crippen LogP contribution is -2.49. The van der Waals surface area contributed by atoms with Gasteiger partial charge in [0.25, 0.3) is 0 Å². The van der Waals surface area contributed by atoms with E-state index in [9.17, 15) is 4.79 Å². The van der Waals surface area contributed by atoms with Crippen molar-refractivity contribution in [2.45, 2.75) is 25.4 Å². The van der Waals surface area contributed by atoms with E-state index < -0.39 is 0 Å². The number of urea groups is 1. The molecule has 0 aliphatic carbocycles. The van der Waals surface area contributed by atoms with Crippen LogP contribution in [0.15, 0.2) is 24.3 Å². The smallest absolute Gasteiger partial charge is 0.315 e. The molecule has 20 heavy (non-hydrogen) atoms. The van der Waals surface area contributed by atoms with Crippen LogP contribution in [0, 0.1) is 11.3 Å². The Labute approximate surface area is 119 Å². The van der Waals surface area contributed by atoms with Crippen LogP contribution < -0.4 is 10.6 Å². The second kappa shape index (κ2) is 6.92. The van der Waals surface area contributed by atoms with E-state index in [0.717, 1.165) is 31.5 Å². The third kappa shape index (κ3) is 4.25. The molecule has 0 saturated carbocycles. The number of nitriles is 1. The highest BCUT2D eigenvalue weighted by atomic mass is 16.2. The lowest BCUT2D eigenvalue weighted by molar-refractivity contribution is 0.209. The van der Waals surface area contributed by atoms with E-state index in [1.165, 1.54) is 0 Å². The molecule has 1 atom stereocenters. The van der Waals surface area contributed by atoms with Crippen LogP contribution in [0.1, 0.15) is 24.0 Å². The van der Waals surface area contributed by atoms with E-state index in [2.05, 4.69) is 28.7 Å². The molecule has 1 aromatic rings. The van der Waals surface area contributed by atoms with E-state index in [1.807, 2.05) is 12.1 Å². The van der Waals surface area contributed by atoms with Crippen molar-refractivity contribution in [2.24, 2.45) is 0 Å². The summed E-state index contributed by atoms with van der Waals surface area (Å²) in [5.41, 5.74) is 1.61. The summed E-state index contributed by atoms with van der Waals surface area (Å²) in [6.07, 6.45) is 2.16. The number of rotatable bonds is 3. The molecule has 0 aromatic heterocycles. The molecular weight excluding hydrogens is 252 g/mol. The number of carbonyl (C=O) groups excluding carboxylic acids is 1. The van der Waals surface area contributed by atoms with Gasteiger partial charge in [-0.2, -0.15) is 5.26 Å². The van der Waals surface area contributed by atoms with Crippen LogP contribution in [0.25, 0.3) is 0 Å². The Kier molecular flexibility index (Phi) is 4.97. The lowest BCUT2D eigenvalue weighted by atomic mass is 10.1. The Balaban J connectivity index is 1.75. The number of benzene rings is 1. The van der Waals surface area contributed by atoms with Crippen LogP contribution in [-0.2, 0) is 6.54 Å². The zero-order chi connectivity index (χ0) is 14.4. The highest BCUT2D eigenvalue weighted by Crippen LogP contribution is 2.07. The molecule has 1 aliphatic rings. The molecule has 1 aromatic carbocycles. The predicted octanol–water partition coefficient (Wildman–Crippen LogP) is 1.45. The number of carbonyl (C=O) groups is 1. The molecule has 2 N–H and O–H groups in total. The number of likely N-dealkylation sites (tertiary alicyclic amines) is 1. The number of piperidine rings is 1. The van der Waals surface area contributed by atoms with E-state index in [-0.39, 0.29) is 12.1 Å². The van der Waals surface area contributed by atoms with Gasteiger partial charge >= 0.3 is 6.03 Å². The van der Waals surface area contributed by atoms with Crippen molar-refractivity contribution < 1.29 is 4.79 Å². The topological polar surface area (TPSA) is 68.2 Å². The Morgan fingerprint density at radius 1 is 1.45 bits per heavy atom. The molecule has 5 heteroatoms. The van der Waals surface area contributed by atoms with Gasteiger partial charge in [-0.05, 0) is 44.1 Å². The molecule has 5 nitrogen and oxygen atoms in total. The largest absolute Gasteiger partial charge is 0.334 e. The van der Waals surface area contributed by atoms with Crippen molar-refractivity contribution >= 4 is 6.03 Å². The number of hydrogen-bond donors (Lipinski definition) is 2. The van der Waals surface area contributed by atoms with Crippen molar-refractivity contribution in [1.82, 2.24) is 15.5 Å². The number of amides is 2. The minimum Gasteiger partial charge on any atom is -0.334 e. The first-order valence-electron chi connectivity index (χ1n) is 6.89. The first-order chi connectivity index (χ1) is 9.67. The van der Waals surface area contributed by atoms with Crippen LogP contribution >= 0.6 is 0 Å². The van der Waals surface area contributed by atoms with E-state index in [1.54, 1.807) is 12.1 Å². The third-order valence-corrected chi connectivity index (χ3v) is 3.50. The first-order valence-corrected chi connectivity index (χ1v) is 6.89. The second-order valence-electron chi connectivity index (χ2n) is 5.24. The fourth-order valence-electron chi connectivity index (χ4n) is 2.40. The van der Waals surface area contributed by atoms with E-state index in [0.29, 0.717) is 12.1 Å². The maximum atomic E-state index is 11.8. The molecule has 0 bridgehead atoms. The Hall–Kier alpha value is -2.06. The zero-order valence-corrected chi connectivity index (χ0v) is 11.7. The van der Waals surface area contributed by atoms with Gasteiger partial charge in [0.2, 0.25) is 0 Å². The number of likely N-dealkylation sites (N-methyl/N-ethyl adjacent to an activating group) is 1. The van der Waals surface area contributed by atoms with Crippen molar-refractivity contribution in [3.8, 4) is 6.07 Å². The quantitative estimate of drug-likeness (QED) is 0.875. The average Bonchev–Trinajstić information content (AvgIpc) is 2.46. The summed E-state index contributed by atoms with van der Waals surface area (Å²) in [6, 6.07) is 9.39. The summed E-state index contributed by atoms with van der Waals surface area (Å²) < 4.78 is 0. The molecule has 1 saturated heterocycles. The fourth-order valence-corrected chi connectivity index (χ4v) is 2.40. The molecule has 106 valence electrons. The second-order valence-corrected chi connectivity index (χ2v) is 5.24. The van der Waals surface area contributed by atoms with Crippen LogP contribution in [0.5, 0.6) is 0 Å². The average molecular weight is 272 g/mol. The van der Waals surface area contributed by atoms with Crippen molar-refractivity contribution in [2.75, 3.05) is 20.1 Å². The number of hydrogen-bond acceptors (Lipinski definition) is 3. The third-order valence-electron chi connectivity index (χ3n) is 3.50. The number of nitrogens with one attached hydrogen (secondary N) is 2. The Morgan fingerprint density at radius 2 is 2.20 bits per heavy atom. The minimum atomic E-state index is -0.130. The molecule has 2 rings (SSSR count). The molecule has 1 aliphatic heterocycles. The van der Waals surface area contributed by atoms with Gasteiger partial charge in [0.1, 0.15) is 0 Å². The van der Waals surface area contributed by atoms with Crippen molar-refractivity contribution in [3.63, 3.8) is 0 Å². The van der Waals surface area contributed by atoms with Crippen LogP contribution in [-0.4, -0.2) is 37.1 Å². The van der Waals surface area contributed by atoms with Crippen molar-refractivity contribution in [1.29, 1.82) is 5.26 Å². The first kappa shape index (κ1) is 14.4. The van der Waals surface area contributed by atoms with Gasteiger partial charge in [-0.15, -0.1) is 0 Å². The Morgan fingerprint density at radius 3 is 2.85 bits per heavy atom. The van der Waals surface area contributed by atoms with Gasteiger partial charge in [-0.3, -0.25) is 0 Å². The van der Waals surface area contributed by atoms with E-state index in [4.69, 9.17) is 5.26 Å². The Bertz CT molecular complexity index is 492. The SMILES string of the molecule is CN1CCCC(NC(=O)NCc2ccc(C#N)cc2)C1. The van der Waals surface area contributed by atoms with Crippen LogP contribution in [0.4, 0.5) is 4.79 Å². The van der Waals surface area contributed by atoms with Gasteiger partial charge in [0.15, 0.2) is 0 Å². The van der Waals surface area contributed by atoms with Crippen LogP contribution in [0.2, 0.25) is 0 Å². The number of nitrogens with zero attached hydrogens (tertiary/aromatic N) is 2. The molecule has 1 unspecified atom stereocenters. The minimum absolute atomic E-state index is 0.130. The standard InChI is InChI=1S/C15H20N4O/c1-19-8-2-3-14(11-19)18-15(20)17-10-13-6-4-12(9-16)5-7-13/h4-7,14H,2-3,8,10-11H2,1H3,(H2,17,18,20). The summed E-state index contributed by atoms with van der Waals surface area (Å²) >= 11 is 0. The maximum absolute atomic E-state index is 11.8. The monoisotopic (exact) mass is 272 g/mol. The lowest BCUT2D eigenvalue weighted by Gasteiger charge is -2.30. The maximum Gasteiger partial charge on any atom is 0.315 e. The summed E-state index contributed by atoms with van der Waals surface area (Å²) in [5.74, 6) is 0. The summed E-state index contributed by atoms with van der Waals surface area (Å²) in [5, 5.41) is 14.6. The molecule has 0 radical (unpaired) electrons. The zero-order valence-electron chi connectivity index (χ0n) is 11.7. The molecule has 1 heterocycles. The van der Waals surface area contributed by atoms with Gasteiger partial charge in [0, 0.05) is 19.1 Å². The van der Waals surface area contributed by atoms with Crippen LogP contribution in [0.3, 0.4) is 0 Å². The fraction of sp³-hybridized carbons (Fsp3) is 0.467. The van der Waals surface area contributed by atoms with Crippen molar-refractivity contribution in [3.05, 3.63) is 35.4 Å². The van der Waals surface area contributed by atoms with Gasteiger partial charge in [-0.1, -0.05) is 12.1 Å². The van der Waals surface area contributed by atoms with Gasteiger partial charge < -0.3 is 15.5 Å². The molecule has 1 fully saturated rings. The summed E-state index contributed by atoms with van der Waals surface area (Å²) in [7, 11) is 2.07. The van der Waals surface area contributed by atoms with Gasteiger partial charge in [0.05, 0.1) is 11.6 Å². The normalized spacial score (nSPS) is 19.1. The summed E-state index contributed by atoms with van der Waals surface area (Å²) in [4.78, 5) is 14.1. The highest BCUT2D eigenvalue weighted by molar-refractivity contribution is 5.74. The summed E-state index contributed by atoms with van der Waals surface area (Å²) in [6.45, 7) is 2.48. The molecule has 0 spiro atoms. The van der Waals surface area contributed by atoms with E-state index >= 15 is 0 Å². The molecular formula is C15H20N4O. The highest BCUT2D eigenvalue weighted by Gasteiger charge is 2.18. The van der Waals surface area contributed by atoms with Gasteiger partial charge in [-0.25, -0.2) is 4.79 Å². The molecule has 2 amide bonds.